The van der Waals surface area contributed by atoms with E-state index in [4.69, 9.17) is 9.10 Å². The van der Waals surface area contributed by atoms with Crippen LogP contribution in [-0.2, 0) is 0 Å². The standard InChI is InChI=1S/C25H18N4S/c1-15-10-11-19(23-21(15)18-9-6-13-27-25(18)30-23)24-28-20-12-14-26-16(2)22(20)29(24)17-7-4-3-5-8-17/h3-14H,1-2H3/i1D3. The lowest BCUT2D eigenvalue weighted by Gasteiger charge is -2.11. The number of para-hydroxylation sites is 1. The Morgan fingerprint density at radius 1 is 0.933 bits per heavy atom. The number of aromatic nitrogens is 4. The first-order valence-electron chi connectivity index (χ1n) is 11.1. The number of nitrogens with zero attached hydrogens (tertiary/aromatic N) is 4. The maximum atomic E-state index is 8.13. The molecule has 0 saturated heterocycles. The molecular weight excluding hydrogens is 388 g/mol. The van der Waals surface area contributed by atoms with E-state index in [1.807, 2.05) is 61.5 Å². The van der Waals surface area contributed by atoms with Crippen LogP contribution < -0.4 is 0 Å². The van der Waals surface area contributed by atoms with Crippen LogP contribution >= 0.6 is 11.3 Å². The molecule has 0 aliphatic carbocycles. The molecule has 0 aliphatic rings. The molecule has 0 bridgehead atoms. The van der Waals surface area contributed by atoms with Gasteiger partial charge < -0.3 is 0 Å². The summed E-state index contributed by atoms with van der Waals surface area (Å²) in [6, 6.07) is 19.3. The fourth-order valence-electron chi connectivity index (χ4n) is 4.08. The number of hydrogen-bond acceptors (Lipinski definition) is 4. The summed E-state index contributed by atoms with van der Waals surface area (Å²) < 4.78 is 27.4. The zero-order chi connectivity index (χ0) is 22.7. The Labute approximate surface area is 181 Å². The number of aryl methyl sites for hydroxylation is 2. The fourth-order valence-corrected chi connectivity index (χ4v) is 5.26. The third kappa shape index (κ3) is 2.42. The molecule has 0 saturated carbocycles. The van der Waals surface area contributed by atoms with Gasteiger partial charge in [0.2, 0.25) is 0 Å². The summed E-state index contributed by atoms with van der Waals surface area (Å²) in [5.41, 5.74) is 4.84. The van der Waals surface area contributed by atoms with Gasteiger partial charge in [-0.2, -0.15) is 0 Å². The number of pyridine rings is 2. The van der Waals surface area contributed by atoms with Crippen LogP contribution in [0.5, 0.6) is 0 Å². The molecule has 6 aromatic rings. The lowest BCUT2D eigenvalue weighted by Crippen LogP contribution is -1.99. The summed E-state index contributed by atoms with van der Waals surface area (Å²) in [6.07, 6.45) is 3.50. The van der Waals surface area contributed by atoms with Crippen molar-refractivity contribution in [1.29, 1.82) is 0 Å². The van der Waals surface area contributed by atoms with Gasteiger partial charge in [-0.25, -0.2) is 9.97 Å². The van der Waals surface area contributed by atoms with Gasteiger partial charge in [-0.3, -0.25) is 9.55 Å². The molecule has 0 N–H and O–H groups in total. The maximum absolute atomic E-state index is 8.13. The van der Waals surface area contributed by atoms with Crippen LogP contribution in [0.1, 0.15) is 15.4 Å². The topological polar surface area (TPSA) is 43.6 Å². The second kappa shape index (κ2) is 6.47. The highest BCUT2D eigenvalue weighted by molar-refractivity contribution is 7.26. The van der Waals surface area contributed by atoms with Crippen molar-refractivity contribution in [3.63, 3.8) is 0 Å². The summed E-state index contributed by atoms with van der Waals surface area (Å²) in [7, 11) is 0. The molecule has 0 amide bonds. The normalized spacial score (nSPS) is 13.6. The van der Waals surface area contributed by atoms with Crippen molar-refractivity contribution in [2.75, 3.05) is 0 Å². The third-order valence-corrected chi connectivity index (χ3v) is 6.55. The van der Waals surface area contributed by atoms with E-state index in [2.05, 4.69) is 14.5 Å². The zero-order valence-corrected chi connectivity index (χ0v) is 16.9. The molecule has 30 heavy (non-hydrogen) atoms. The predicted octanol–water partition coefficient (Wildman–Crippen LogP) is 6.47. The average Bonchev–Trinajstić information content (AvgIpc) is 3.38. The second-order valence-corrected chi connectivity index (χ2v) is 8.19. The largest absolute Gasteiger partial charge is 0.290 e. The van der Waals surface area contributed by atoms with Gasteiger partial charge in [0.1, 0.15) is 10.7 Å². The van der Waals surface area contributed by atoms with Crippen LogP contribution in [0.15, 0.2) is 73.1 Å². The maximum Gasteiger partial charge on any atom is 0.147 e. The number of fused-ring (bicyclic) bond motifs is 4. The summed E-state index contributed by atoms with van der Waals surface area (Å²) in [4.78, 5) is 14.8. The zero-order valence-electron chi connectivity index (χ0n) is 19.1. The summed E-state index contributed by atoms with van der Waals surface area (Å²) >= 11 is 1.50. The van der Waals surface area contributed by atoms with Crippen LogP contribution in [0.25, 0.3) is 48.4 Å². The Morgan fingerprint density at radius 3 is 2.70 bits per heavy atom. The molecule has 0 atom stereocenters. The van der Waals surface area contributed by atoms with Crippen LogP contribution in [0, 0.1) is 13.8 Å². The molecule has 4 heterocycles. The minimum Gasteiger partial charge on any atom is -0.290 e. The van der Waals surface area contributed by atoms with E-state index in [9.17, 15) is 0 Å². The summed E-state index contributed by atoms with van der Waals surface area (Å²) in [6.45, 7) is -0.259. The molecule has 4 nitrogen and oxygen atoms in total. The Balaban J connectivity index is 1.78. The highest BCUT2D eigenvalue weighted by Crippen LogP contribution is 2.41. The first-order valence-corrected chi connectivity index (χ1v) is 10.5. The van der Waals surface area contributed by atoms with Crippen molar-refractivity contribution < 1.29 is 4.11 Å². The Hall–Kier alpha value is -3.57. The third-order valence-electron chi connectivity index (χ3n) is 5.40. The van der Waals surface area contributed by atoms with Crippen LogP contribution in [0.4, 0.5) is 0 Å². The predicted molar refractivity (Wildman–Crippen MR) is 124 cm³/mol. The molecule has 5 heteroatoms. The molecule has 6 rings (SSSR count). The van der Waals surface area contributed by atoms with Crippen LogP contribution in [0.2, 0.25) is 0 Å². The van der Waals surface area contributed by atoms with Gasteiger partial charge in [0.05, 0.1) is 16.7 Å². The lowest BCUT2D eigenvalue weighted by atomic mass is 10.0. The monoisotopic (exact) mass is 409 g/mol. The Bertz CT molecular complexity index is 1670. The Kier molecular flexibility index (Phi) is 3.11. The molecule has 0 radical (unpaired) electrons. The second-order valence-electron chi connectivity index (χ2n) is 7.19. The summed E-state index contributed by atoms with van der Waals surface area (Å²) in [5, 5.41) is 1.58. The first-order chi connectivity index (χ1) is 15.9. The van der Waals surface area contributed by atoms with Crippen LogP contribution in [-0.4, -0.2) is 19.5 Å². The van der Waals surface area contributed by atoms with Gasteiger partial charge in [-0.1, -0.05) is 24.3 Å². The van der Waals surface area contributed by atoms with E-state index in [0.29, 0.717) is 5.56 Å². The van der Waals surface area contributed by atoms with Crippen molar-refractivity contribution in [1.82, 2.24) is 19.5 Å². The quantitative estimate of drug-likeness (QED) is 0.329. The Morgan fingerprint density at radius 2 is 1.83 bits per heavy atom. The first kappa shape index (κ1) is 14.4. The van der Waals surface area contributed by atoms with Gasteiger partial charge >= 0.3 is 0 Å². The van der Waals surface area contributed by atoms with Crippen molar-refractivity contribution in [2.24, 2.45) is 0 Å². The molecule has 0 spiro atoms. The van der Waals surface area contributed by atoms with E-state index in [-0.39, 0.29) is 0 Å². The van der Waals surface area contributed by atoms with Crippen molar-refractivity contribution >= 4 is 42.7 Å². The minimum absolute atomic E-state index is 0.334. The van der Waals surface area contributed by atoms with E-state index in [1.54, 1.807) is 18.5 Å². The van der Waals surface area contributed by atoms with Gasteiger partial charge in [0.15, 0.2) is 0 Å². The van der Waals surface area contributed by atoms with Gasteiger partial charge in [0.25, 0.3) is 0 Å². The molecule has 0 aliphatic heterocycles. The highest BCUT2D eigenvalue weighted by atomic mass is 32.1. The molecule has 144 valence electrons. The molecule has 4 aromatic heterocycles. The van der Waals surface area contributed by atoms with E-state index in [0.717, 1.165) is 54.1 Å². The number of benzene rings is 2. The van der Waals surface area contributed by atoms with Gasteiger partial charge in [0, 0.05) is 43.2 Å². The summed E-state index contributed by atoms with van der Waals surface area (Å²) in [5.74, 6) is 0.751. The molecule has 2 aromatic carbocycles. The molecule has 0 fully saturated rings. The lowest BCUT2D eigenvalue weighted by molar-refractivity contribution is 1.08. The van der Waals surface area contributed by atoms with E-state index in [1.165, 1.54) is 11.3 Å². The van der Waals surface area contributed by atoms with Crippen molar-refractivity contribution in [2.45, 2.75) is 13.8 Å². The van der Waals surface area contributed by atoms with E-state index < -0.39 is 6.85 Å². The van der Waals surface area contributed by atoms with Gasteiger partial charge in [-0.15, -0.1) is 11.3 Å². The number of thiophene rings is 1. The fraction of sp³-hybridized carbons (Fsp3) is 0.0800. The SMILES string of the molecule is [2H]C([2H])([2H])c1ccc(-c2nc3ccnc(C)c3n2-c2ccccc2)c2sc3ncccc3c12. The average molecular weight is 410 g/mol. The van der Waals surface area contributed by atoms with Crippen molar-refractivity contribution in [3.05, 3.63) is 84.3 Å². The number of hydrogen-bond donors (Lipinski definition) is 0. The highest BCUT2D eigenvalue weighted by Gasteiger charge is 2.20. The van der Waals surface area contributed by atoms with Crippen molar-refractivity contribution in [3.8, 4) is 17.1 Å². The number of imidazole rings is 1. The molecule has 0 unspecified atom stereocenters. The smallest absolute Gasteiger partial charge is 0.147 e. The van der Waals surface area contributed by atoms with E-state index >= 15 is 0 Å². The number of rotatable bonds is 2. The minimum atomic E-state index is -2.24. The molecular formula is C25H18N4S. The van der Waals surface area contributed by atoms with Crippen LogP contribution in [0.3, 0.4) is 0 Å². The van der Waals surface area contributed by atoms with Gasteiger partial charge in [-0.05, 0) is 55.7 Å².